The van der Waals surface area contributed by atoms with Crippen LogP contribution >= 0.6 is 0 Å². The number of rotatable bonds is 8. The Balaban J connectivity index is 1.71. The number of aliphatic hydroxyl groups excluding tert-OH is 1. The first kappa shape index (κ1) is 22.3. The van der Waals surface area contributed by atoms with Crippen LogP contribution in [-0.4, -0.2) is 48.1 Å². The van der Waals surface area contributed by atoms with Crippen LogP contribution in [-0.2, 0) is 4.74 Å². The fourth-order valence-electron chi connectivity index (χ4n) is 4.11. The lowest BCUT2D eigenvalue weighted by Crippen LogP contribution is -2.38. The monoisotopic (exact) mass is 438 g/mol. The van der Waals surface area contributed by atoms with Crippen LogP contribution in [0.2, 0.25) is 0 Å². The average molecular weight is 439 g/mol. The van der Waals surface area contributed by atoms with E-state index in [1.807, 2.05) is 0 Å². The molecule has 4 rings (SSSR count). The molecule has 2 aliphatic rings. The number of allylic oxidation sites excluding steroid dienone is 6. The van der Waals surface area contributed by atoms with E-state index in [2.05, 4.69) is 31.0 Å². The van der Waals surface area contributed by atoms with Crippen molar-refractivity contribution in [3.05, 3.63) is 57.2 Å². The number of H-pyrrole nitrogens is 1. The van der Waals surface area contributed by atoms with Crippen LogP contribution in [0.4, 0.5) is 0 Å². The second kappa shape index (κ2) is 9.71. The Kier molecular flexibility index (Phi) is 6.77. The molecule has 0 saturated carbocycles. The highest BCUT2D eigenvalue weighted by Gasteiger charge is 2.23. The van der Waals surface area contributed by atoms with Crippen LogP contribution in [0.15, 0.2) is 45.8 Å². The molecule has 32 heavy (non-hydrogen) atoms. The van der Waals surface area contributed by atoms with Crippen molar-refractivity contribution >= 4 is 16.5 Å². The number of aromatic nitrogens is 2. The molecule has 170 valence electrons. The average Bonchev–Trinajstić information content (AvgIpc) is 2.89. The molecule has 1 aliphatic carbocycles. The number of nitrogens with one attached hydrogen (secondary N) is 1. The molecule has 1 aliphatic heterocycles. The lowest BCUT2D eigenvalue weighted by molar-refractivity contribution is -0.0791. The van der Waals surface area contributed by atoms with Gasteiger partial charge in [-0.1, -0.05) is 11.6 Å². The number of aromatic amines is 1. The molecular weight excluding hydrogens is 408 g/mol. The highest BCUT2D eigenvalue weighted by molar-refractivity contribution is 5.87. The fourth-order valence-corrected chi connectivity index (χ4v) is 4.11. The molecule has 0 amide bonds. The summed E-state index contributed by atoms with van der Waals surface area (Å²) in [5.41, 5.74) is 4.94. The van der Waals surface area contributed by atoms with Gasteiger partial charge in [0.05, 0.1) is 25.8 Å². The Morgan fingerprint density at radius 1 is 1.25 bits per heavy atom. The molecule has 7 nitrogen and oxygen atoms in total. The second-order valence-electron chi connectivity index (χ2n) is 8.34. The standard InChI is InChI=1S/C25H30N2O5/c1-15-7-8-17(10-16(2)20(15)6-4-5-9-28)24-26-21-11-18(30-3)12-22(23(21)25(29)27-24)32-19-13-31-14-19/h8,10-12,19,28H,4-7,9,13-14H2,1-3H3,(H,26,27,29). The van der Waals surface area contributed by atoms with Gasteiger partial charge in [-0.05, 0) is 56.8 Å². The van der Waals surface area contributed by atoms with Crippen molar-refractivity contribution in [1.29, 1.82) is 0 Å². The van der Waals surface area contributed by atoms with Gasteiger partial charge >= 0.3 is 0 Å². The number of nitrogens with zero attached hydrogens (tertiary/aromatic N) is 1. The Morgan fingerprint density at radius 2 is 2.06 bits per heavy atom. The van der Waals surface area contributed by atoms with E-state index in [9.17, 15) is 4.79 Å². The maximum atomic E-state index is 13.1. The summed E-state index contributed by atoms with van der Waals surface area (Å²) in [5, 5.41) is 9.51. The molecule has 1 aromatic heterocycles. The minimum Gasteiger partial charge on any atom is -0.497 e. The molecule has 1 aromatic carbocycles. The maximum Gasteiger partial charge on any atom is 0.262 e. The molecule has 2 heterocycles. The van der Waals surface area contributed by atoms with Gasteiger partial charge in [0.1, 0.15) is 28.8 Å². The highest BCUT2D eigenvalue weighted by Crippen LogP contribution is 2.32. The summed E-state index contributed by atoms with van der Waals surface area (Å²) in [7, 11) is 1.58. The summed E-state index contributed by atoms with van der Waals surface area (Å²) in [5.74, 6) is 1.57. The van der Waals surface area contributed by atoms with E-state index in [1.165, 1.54) is 11.1 Å². The number of aliphatic hydroxyl groups is 1. The highest BCUT2D eigenvalue weighted by atomic mass is 16.6. The van der Waals surface area contributed by atoms with Gasteiger partial charge in [-0.3, -0.25) is 4.79 Å². The molecule has 0 atom stereocenters. The lowest BCUT2D eigenvalue weighted by atomic mass is 9.96. The third-order valence-electron chi connectivity index (χ3n) is 5.98. The first-order valence-corrected chi connectivity index (χ1v) is 11.0. The third-order valence-corrected chi connectivity index (χ3v) is 5.98. The van der Waals surface area contributed by atoms with E-state index in [-0.39, 0.29) is 18.3 Å². The van der Waals surface area contributed by atoms with Gasteiger partial charge in [-0.25, -0.2) is 4.98 Å². The number of benzene rings is 1. The van der Waals surface area contributed by atoms with Crippen molar-refractivity contribution in [2.45, 2.75) is 45.6 Å². The minimum absolute atomic E-state index is 0.0714. The van der Waals surface area contributed by atoms with E-state index in [1.54, 1.807) is 19.2 Å². The van der Waals surface area contributed by atoms with Crippen molar-refractivity contribution in [2.75, 3.05) is 26.9 Å². The summed E-state index contributed by atoms with van der Waals surface area (Å²) in [6.07, 6.45) is 7.57. The number of hydrogen-bond acceptors (Lipinski definition) is 6. The number of methoxy groups -OCH3 is 1. The summed E-state index contributed by atoms with van der Waals surface area (Å²) in [4.78, 5) is 20.8. The molecular formula is C25H30N2O5. The lowest BCUT2D eigenvalue weighted by Gasteiger charge is -2.27. The largest absolute Gasteiger partial charge is 0.497 e. The van der Waals surface area contributed by atoms with Gasteiger partial charge in [-0.2, -0.15) is 0 Å². The van der Waals surface area contributed by atoms with Gasteiger partial charge in [0, 0.05) is 24.3 Å². The number of fused-ring (bicyclic) bond motifs is 1. The zero-order chi connectivity index (χ0) is 22.7. The molecule has 0 unspecified atom stereocenters. The first-order valence-electron chi connectivity index (χ1n) is 11.0. The molecule has 2 aromatic rings. The van der Waals surface area contributed by atoms with Crippen molar-refractivity contribution in [2.24, 2.45) is 0 Å². The van der Waals surface area contributed by atoms with Gasteiger partial charge in [0.25, 0.3) is 5.56 Å². The summed E-state index contributed by atoms with van der Waals surface area (Å²) in [6, 6.07) is 3.48. The summed E-state index contributed by atoms with van der Waals surface area (Å²) < 4.78 is 16.6. The van der Waals surface area contributed by atoms with Gasteiger partial charge < -0.3 is 24.3 Å². The van der Waals surface area contributed by atoms with Crippen LogP contribution in [0.3, 0.4) is 0 Å². The normalized spacial score (nSPS) is 17.0. The molecule has 1 saturated heterocycles. The number of hydrogen-bond donors (Lipinski definition) is 2. The molecule has 0 radical (unpaired) electrons. The van der Waals surface area contributed by atoms with E-state index in [0.717, 1.165) is 36.8 Å². The van der Waals surface area contributed by atoms with Gasteiger partial charge in [0.2, 0.25) is 0 Å². The Morgan fingerprint density at radius 3 is 2.75 bits per heavy atom. The zero-order valence-corrected chi connectivity index (χ0v) is 18.9. The van der Waals surface area contributed by atoms with E-state index in [0.29, 0.717) is 41.4 Å². The second-order valence-corrected chi connectivity index (χ2v) is 8.34. The Bertz CT molecular complexity index is 1150. The molecule has 1 fully saturated rings. The number of unbranched alkanes of at least 4 members (excludes halogenated alkanes) is 1. The van der Waals surface area contributed by atoms with E-state index >= 15 is 0 Å². The van der Waals surface area contributed by atoms with E-state index < -0.39 is 0 Å². The van der Waals surface area contributed by atoms with Crippen molar-refractivity contribution in [3.63, 3.8) is 0 Å². The van der Waals surface area contributed by atoms with Crippen LogP contribution < -0.4 is 15.0 Å². The zero-order valence-electron chi connectivity index (χ0n) is 18.9. The van der Waals surface area contributed by atoms with Crippen molar-refractivity contribution in [3.8, 4) is 11.5 Å². The first-order chi connectivity index (χ1) is 15.5. The van der Waals surface area contributed by atoms with Crippen LogP contribution in [0.1, 0.15) is 45.4 Å². The Labute approximate surface area is 187 Å². The summed E-state index contributed by atoms with van der Waals surface area (Å²) >= 11 is 0. The van der Waals surface area contributed by atoms with Gasteiger partial charge in [-0.15, -0.1) is 0 Å². The van der Waals surface area contributed by atoms with Crippen LogP contribution in [0.5, 0.6) is 11.5 Å². The Hall–Kier alpha value is -2.90. The molecule has 2 N–H and O–H groups in total. The quantitative estimate of drug-likeness (QED) is 0.607. The predicted molar refractivity (Wildman–Crippen MR) is 124 cm³/mol. The van der Waals surface area contributed by atoms with Crippen molar-refractivity contribution < 1.29 is 19.3 Å². The van der Waals surface area contributed by atoms with Crippen LogP contribution in [0, 0.1) is 0 Å². The van der Waals surface area contributed by atoms with Crippen LogP contribution in [0.25, 0.3) is 16.5 Å². The predicted octanol–water partition coefficient (Wildman–Crippen LogP) is 3.92. The third kappa shape index (κ3) is 4.64. The fraction of sp³-hybridized carbons (Fsp3) is 0.440. The number of ether oxygens (including phenoxy) is 3. The van der Waals surface area contributed by atoms with Crippen molar-refractivity contribution in [1.82, 2.24) is 9.97 Å². The van der Waals surface area contributed by atoms with E-state index in [4.69, 9.17) is 24.3 Å². The topological polar surface area (TPSA) is 93.7 Å². The molecule has 7 heteroatoms. The SMILES string of the molecule is COc1cc(OC2COC2)c2c(=O)[nH]c(C3=CCC(C)=C(CCCCO)C(C)=C3)nc2c1. The van der Waals surface area contributed by atoms with Gasteiger partial charge in [0.15, 0.2) is 0 Å². The smallest absolute Gasteiger partial charge is 0.262 e. The molecule has 0 spiro atoms. The maximum absolute atomic E-state index is 13.1. The summed E-state index contributed by atoms with van der Waals surface area (Å²) in [6.45, 7) is 5.45. The minimum atomic E-state index is -0.244. The molecule has 0 bridgehead atoms.